The van der Waals surface area contributed by atoms with E-state index in [1.165, 1.54) is 16.2 Å². The molecule has 3 N–H and O–H groups in total. The fourth-order valence-corrected chi connectivity index (χ4v) is 9.96. The van der Waals surface area contributed by atoms with Gasteiger partial charge in [-0.1, -0.05) is 38.8 Å². The number of carbonyl (C=O) groups is 4. The lowest BCUT2D eigenvalue weighted by molar-refractivity contribution is -0.141. The minimum atomic E-state index is -3.91. The fourth-order valence-electron chi connectivity index (χ4n) is 7.66. The molecule has 1 saturated heterocycles. The van der Waals surface area contributed by atoms with Crippen molar-refractivity contribution in [2.24, 2.45) is 5.92 Å². The molecule has 1 unspecified atom stereocenters. The Labute approximate surface area is 349 Å². The monoisotopic (exact) mass is 850 g/mol. The summed E-state index contributed by atoms with van der Waals surface area (Å²) >= 11 is 1.47. The van der Waals surface area contributed by atoms with Gasteiger partial charge in [-0.25, -0.2) is 23.2 Å². The van der Waals surface area contributed by atoms with Crippen LogP contribution in [0, 0.1) is 5.92 Å². The highest BCUT2D eigenvalue weighted by Crippen LogP contribution is 2.46. The highest BCUT2D eigenvalue weighted by Gasteiger charge is 2.62. The van der Waals surface area contributed by atoms with E-state index >= 15 is 0 Å². The fraction of sp³-hybridized carbons (Fsp3) is 0.571. The molecule has 4 amide bonds. The number of fused-ring (bicyclic) bond motifs is 3. The summed E-state index contributed by atoms with van der Waals surface area (Å²) < 4.78 is 45.9. The van der Waals surface area contributed by atoms with Crippen LogP contribution in [0.15, 0.2) is 41.8 Å². The zero-order chi connectivity index (χ0) is 42.3. The van der Waals surface area contributed by atoms with Gasteiger partial charge in [-0.2, -0.15) is 0 Å². The average Bonchev–Trinajstić information content (AvgIpc) is 4.04. The van der Waals surface area contributed by atoms with Crippen molar-refractivity contribution in [1.82, 2.24) is 30.2 Å². The summed E-state index contributed by atoms with van der Waals surface area (Å²) in [6.07, 6.45) is 6.68. The van der Waals surface area contributed by atoms with Crippen molar-refractivity contribution in [3.8, 4) is 22.2 Å². The Morgan fingerprint density at radius 1 is 1.07 bits per heavy atom. The quantitative estimate of drug-likeness (QED) is 0.223. The van der Waals surface area contributed by atoms with Crippen molar-refractivity contribution in [2.75, 3.05) is 13.7 Å². The average molecular weight is 851 g/mol. The van der Waals surface area contributed by atoms with Crippen molar-refractivity contribution >= 4 is 56.1 Å². The van der Waals surface area contributed by atoms with E-state index in [1.807, 2.05) is 29.7 Å². The molecule has 4 aliphatic rings. The van der Waals surface area contributed by atoms with Crippen LogP contribution in [-0.2, 0) is 29.1 Å². The van der Waals surface area contributed by atoms with Gasteiger partial charge in [-0.05, 0) is 77.3 Å². The summed E-state index contributed by atoms with van der Waals surface area (Å²) in [5.41, 5.74) is -0.215. The van der Waals surface area contributed by atoms with Crippen LogP contribution < -0.4 is 24.8 Å². The number of sulfonamides is 1. The van der Waals surface area contributed by atoms with E-state index in [1.54, 1.807) is 40.0 Å². The second kappa shape index (κ2) is 16.7. The van der Waals surface area contributed by atoms with Gasteiger partial charge in [0.2, 0.25) is 21.8 Å². The van der Waals surface area contributed by atoms with Gasteiger partial charge >= 0.3 is 6.09 Å². The van der Waals surface area contributed by atoms with Crippen LogP contribution in [0.2, 0.25) is 0 Å². The van der Waals surface area contributed by atoms with Crippen molar-refractivity contribution in [1.29, 1.82) is 0 Å². The summed E-state index contributed by atoms with van der Waals surface area (Å²) in [6.45, 7) is 9.31. The normalized spacial score (nSPS) is 25.3. The SMILES string of the molecule is COc1ccc2c(O[C@@H]3C[C@H]4C(=O)N[C@]5(C(=O)NS(=O)(=O)C6CC6)CC5C=CCCCCC[C@H](NC(=O)OC(C)(C)C)C(=O)N4C3)cc(-c3nc(C(C)C)cs3)nc2c1. The van der Waals surface area contributed by atoms with E-state index in [4.69, 9.17) is 24.2 Å². The Morgan fingerprint density at radius 2 is 1.85 bits per heavy atom. The molecule has 5 atom stereocenters. The predicted molar refractivity (Wildman–Crippen MR) is 222 cm³/mol. The molecule has 2 aromatic heterocycles. The number of rotatable bonds is 9. The first-order valence-corrected chi connectivity index (χ1v) is 22.8. The number of alkyl carbamates (subject to hydrolysis) is 1. The third-order valence-corrected chi connectivity index (χ3v) is 13.8. The van der Waals surface area contributed by atoms with Crippen LogP contribution in [0.3, 0.4) is 0 Å². The largest absolute Gasteiger partial charge is 0.497 e. The number of pyridine rings is 1. The summed E-state index contributed by atoms with van der Waals surface area (Å²) in [4.78, 5) is 67.3. The van der Waals surface area contributed by atoms with Crippen LogP contribution in [0.5, 0.6) is 11.5 Å². The first-order valence-electron chi connectivity index (χ1n) is 20.4. The molecule has 2 saturated carbocycles. The summed E-state index contributed by atoms with van der Waals surface area (Å²) in [5.74, 6) is -1.07. The highest BCUT2D eigenvalue weighted by molar-refractivity contribution is 7.91. The number of hydrogen-bond acceptors (Lipinski definition) is 12. The van der Waals surface area contributed by atoms with Crippen LogP contribution in [-0.4, -0.2) is 95.3 Å². The van der Waals surface area contributed by atoms with Gasteiger partial charge in [0.1, 0.15) is 51.5 Å². The lowest BCUT2D eigenvalue weighted by Crippen LogP contribution is -2.58. The number of ether oxygens (including phenoxy) is 3. The Balaban J connectivity index is 1.23. The van der Waals surface area contributed by atoms with E-state index in [0.29, 0.717) is 65.2 Å². The molecule has 1 aromatic carbocycles. The smallest absolute Gasteiger partial charge is 0.408 e. The number of nitrogens with zero attached hydrogens (tertiary/aromatic N) is 3. The van der Waals surface area contributed by atoms with Gasteiger partial charge in [0, 0.05) is 35.2 Å². The molecule has 4 heterocycles. The van der Waals surface area contributed by atoms with Crippen LogP contribution in [0.4, 0.5) is 4.79 Å². The summed E-state index contributed by atoms with van der Waals surface area (Å²) in [5, 5.41) is 8.42. The van der Waals surface area contributed by atoms with E-state index in [9.17, 15) is 27.6 Å². The molecule has 7 rings (SSSR count). The number of aromatic nitrogens is 2. The Morgan fingerprint density at radius 3 is 2.54 bits per heavy atom. The maximum atomic E-state index is 14.7. The van der Waals surface area contributed by atoms with Crippen LogP contribution in [0.25, 0.3) is 21.6 Å². The number of benzene rings is 1. The Bertz CT molecular complexity index is 2250. The lowest BCUT2D eigenvalue weighted by atomic mass is 10.0. The first kappa shape index (κ1) is 42.4. The number of amides is 4. The van der Waals surface area contributed by atoms with E-state index in [2.05, 4.69) is 29.2 Å². The standard InChI is InChI=1S/C42H54N6O9S2/c1-24(2)33-23-58-37(44-33)32-20-35(29-17-14-26(55-6)18-31(29)43-32)56-27-19-34-36(49)46-42(39(51)47-59(53,54)28-15-16-28)21-25(42)12-10-8-7-9-11-13-30(38(50)48(34)22-27)45-40(52)57-41(3,4)5/h10,12,14,17-18,20,23-25,27-28,30,34H,7-9,11,13,15-16,19,21-22H2,1-6H3,(H,45,52)(H,46,49)(H,47,51)/t25?,27-,30+,34+,42-/m1/s1. The molecule has 0 radical (unpaired) electrons. The number of allylic oxidation sites excluding steroid dienone is 1. The van der Waals surface area contributed by atoms with E-state index < -0.39 is 74.3 Å². The minimum absolute atomic E-state index is 0.0218. The molecule has 3 fully saturated rings. The van der Waals surface area contributed by atoms with Gasteiger partial charge in [0.15, 0.2) is 0 Å². The molecular weight excluding hydrogens is 797 g/mol. The number of methoxy groups -OCH3 is 1. The molecule has 0 spiro atoms. The molecule has 318 valence electrons. The molecule has 0 bridgehead atoms. The number of carbonyl (C=O) groups excluding carboxylic acids is 4. The van der Waals surface area contributed by atoms with Gasteiger partial charge in [0.25, 0.3) is 5.91 Å². The van der Waals surface area contributed by atoms with Crippen molar-refractivity contribution < 1.29 is 41.8 Å². The molecule has 17 heteroatoms. The predicted octanol–water partition coefficient (Wildman–Crippen LogP) is 5.74. The zero-order valence-electron chi connectivity index (χ0n) is 34.4. The number of nitrogens with one attached hydrogen (secondary N) is 3. The molecule has 59 heavy (non-hydrogen) atoms. The third kappa shape index (κ3) is 9.66. The van der Waals surface area contributed by atoms with Gasteiger partial charge in [-0.3, -0.25) is 19.1 Å². The Hall–Kier alpha value is -4.77. The lowest BCUT2D eigenvalue weighted by Gasteiger charge is -2.30. The summed E-state index contributed by atoms with van der Waals surface area (Å²) in [6, 6.07) is 5.11. The highest BCUT2D eigenvalue weighted by atomic mass is 32.2. The number of hydrogen-bond donors (Lipinski definition) is 3. The first-order chi connectivity index (χ1) is 28.0. The van der Waals surface area contributed by atoms with Crippen molar-refractivity contribution in [2.45, 2.75) is 133 Å². The molecular formula is C42H54N6O9S2. The second-order valence-electron chi connectivity index (χ2n) is 17.3. The second-order valence-corrected chi connectivity index (χ2v) is 20.1. The van der Waals surface area contributed by atoms with Crippen LogP contribution >= 0.6 is 11.3 Å². The molecule has 2 aliphatic heterocycles. The van der Waals surface area contributed by atoms with Gasteiger partial charge in [0.05, 0.1) is 30.1 Å². The topological polar surface area (TPSA) is 195 Å². The summed E-state index contributed by atoms with van der Waals surface area (Å²) in [7, 11) is -2.34. The third-order valence-electron chi connectivity index (χ3n) is 11.1. The van der Waals surface area contributed by atoms with Crippen molar-refractivity contribution in [3.63, 3.8) is 0 Å². The maximum Gasteiger partial charge on any atom is 0.408 e. The molecule has 2 aliphatic carbocycles. The maximum absolute atomic E-state index is 14.7. The zero-order valence-corrected chi connectivity index (χ0v) is 36.0. The van der Waals surface area contributed by atoms with Gasteiger partial charge < -0.3 is 29.7 Å². The minimum Gasteiger partial charge on any atom is -0.497 e. The van der Waals surface area contributed by atoms with Gasteiger partial charge in [-0.15, -0.1) is 11.3 Å². The molecule has 3 aromatic rings. The van der Waals surface area contributed by atoms with Crippen molar-refractivity contribution in [3.05, 3.63) is 47.5 Å². The molecule has 15 nitrogen and oxygen atoms in total. The van der Waals surface area contributed by atoms with E-state index in [-0.39, 0.29) is 25.3 Å². The Kier molecular flexibility index (Phi) is 12.0. The van der Waals surface area contributed by atoms with Crippen LogP contribution in [0.1, 0.15) is 104 Å². The number of thiazole rings is 1. The van der Waals surface area contributed by atoms with E-state index in [0.717, 1.165) is 18.5 Å².